The van der Waals surface area contributed by atoms with E-state index in [4.69, 9.17) is 10.5 Å². The molecule has 2 N–H and O–H groups in total. The Kier molecular flexibility index (Phi) is 2.24. The highest BCUT2D eigenvalue weighted by Crippen LogP contribution is 2.52. The summed E-state index contributed by atoms with van der Waals surface area (Å²) in [5, 5.41) is 0. The molecule has 0 amide bonds. The first-order chi connectivity index (χ1) is 6.48. The van der Waals surface area contributed by atoms with E-state index in [1.54, 1.807) is 0 Å². The fraction of sp³-hybridized carbons (Fsp3) is 0.833. The summed E-state index contributed by atoms with van der Waals surface area (Å²) in [5.74, 6) is 0.683. The van der Waals surface area contributed by atoms with Gasteiger partial charge in [-0.3, -0.25) is 0 Å². The lowest BCUT2D eigenvalue weighted by Crippen LogP contribution is -2.55. The molecule has 3 fully saturated rings. The molecule has 0 aromatic heterocycles. The Morgan fingerprint density at radius 1 is 1.50 bits per heavy atom. The van der Waals surface area contributed by atoms with Crippen molar-refractivity contribution in [3.63, 3.8) is 0 Å². The molecule has 1 aliphatic carbocycles. The molecule has 2 unspecified atom stereocenters. The maximum absolute atomic E-state index is 6.20. The van der Waals surface area contributed by atoms with Crippen LogP contribution in [0.5, 0.6) is 0 Å². The Labute approximate surface area is 86.5 Å². The summed E-state index contributed by atoms with van der Waals surface area (Å²) in [7, 11) is 0. The molecule has 2 heterocycles. The average molecular weight is 195 g/mol. The zero-order valence-corrected chi connectivity index (χ0v) is 9.47. The highest BCUT2D eigenvalue weighted by molar-refractivity contribution is 5.24. The lowest BCUT2D eigenvalue weighted by Gasteiger charge is -2.55. The van der Waals surface area contributed by atoms with Gasteiger partial charge in [0.1, 0.15) is 0 Å². The smallest absolute Gasteiger partial charge is 0.0871 e. The van der Waals surface area contributed by atoms with Gasteiger partial charge in [-0.05, 0) is 51.5 Å². The van der Waals surface area contributed by atoms with Gasteiger partial charge < -0.3 is 10.5 Å². The van der Waals surface area contributed by atoms with Crippen LogP contribution in [0.15, 0.2) is 11.6 Å². The van der Waals surface area contributed by atoms with Gasteiger partial charge in [0.05, 0.1) is 11.2 Å². The van der Waals surface area contributed by atoms with E-state index in [1.807, 2.05) is 0 Å². The van der Waals surface area contributed by atoms with E-state index in [1.165, 1.54) is 18.4 Å². The van der Waals surface area contributed by atoms with Crippen molar-refractivity contribution in [2.24, 2.45) is 11.7 Å². The number of hydrogen-bond donors (Lipinski definition) is 1. The van der Waals surface area contributed by atoms with Crippen LogP contribution in [0.4, 0.5) is 0 Å². The quantitative estimate of drug-likeness (QED) is 0.651. The van der Waals surface area contributed by atoms with Crippen molar-refractivity contribution in [2.75, 3.05) is 6.54 Å². The van der Waals surface area contributed by atoms with Gasteiger partial charge in [-0.2, -0.15) is 0 Å². The summed E-state index contributed by atoms with van der Waals surface area (Å²) < 4.78 is 6.20. The second-order valence-corrected chi connectivity index (χ2v) is 5.34. The van der Waals surface area contributed by atoms with E-state index in [2.05, 4.69) is 26.8 Å². The van der Waals surface area contributed by atoms with Gasteiger partial charge in [0.15, 0.2) is 0 Å². The van der Waals surface area contributed by atoms with E-state index in [0.717, 1.165) is 6.42 Å². The lowest BCUT2D eigenvalue weighted by molar-refractivity contribution is -0.201. The van der Waals surface area contributed by atoms with Crippen LogP contribution in [-0.2, 0) is 4.74 Å². The Morgan fingerprint density at radius 3 is 2.71 bits per heavy atom. The highest BCUT2D eigenvalue weighted by atomic mass is 16.5. The predicted molar refractivity (Wildman–Crippen MR) is 58.0 cm³/mol. The number of ether oxygens (including phenoxy) is 1. The summed E-state index contributed by atoms with van der Waals surface area (Å²) in [6.45, 7) is 7.29. The number of rotatable bonds is 1. The standard InChI is InChI=1S/C12H21NO/c1-11(2)9-4-6-12(3,14-11)10(8-9)5-7-13/h5,9H,4,6-8,13H2,1-3H3/b10-5-. The fourth-order valence-electron chi connectivity index (χ4n) is 3.01. The Balaban J connectivity index is 2.29. The third kappa shape index (κ3) is 1.41. The summed E-state index contributed by atoms with van der Waals surface area (Å²) in [4.78, 5) is 0. The maximum atomic E-state index is 6.20. The summed E-state index contributed by atoms with van der Waals surface area (Å²) in [5.41, 5.74) is 7.04. The molecule has 2 atom stereocenters. The van der Waals surface area contributed by atoms with Crippen molar-refractivity contribution in [1.82, 2.24) is 0 Å². The van der Waals surface area contributed by atoms with Gasteiger partial charge in [-0.1, -0.05) is 6.08 Å². The second kappa shape index (κ2) is 3.07. The van der Waals surface area contributed by atoms with E-state index >= 15 is 0 Å². The van der Waals surface area contributed by atoms with Gasteiger partial charge in [0.25, 0.3) is 0 Å². The molecule has 0 radical (unpaired) electrons. The molecule has 3 aliphatic rings. The van der Waals surface area contributed by atoms with Crippen LogP contribution in [0.25, 0.3) is 0 Å². The summed E-state index contributed by atoms with van der Waals surface area (Å²) in [6, 6.07) is 0. The molecule has 3 rings (SSSR count). The van der Waals surface area contributed by atoms with Crippen LogP contribution in [0.3, 0.4) is 0 Å². The molecule has 2 nitrogen and oxygen atoms in total. The molecular formula is C12H21NO. The summed E-state index contributed by atoms with van der Waals surface area (Å²) >= 11 is 0. The molecule has 1 saturated carbocycles. The minimum absolute atomic E-state index is 0.0301. The van der Waals surface area contributed by atoms with Gasteiger partial charge in [-0.15, -0.1) is 0 Å². The van der Waals surface area contributed by atoms with Gasteiger partial charge in [-0.25, -0.2) is 0 Å². The monoisotopic (exact) mass is 195 g/mol. The van der Waals surface area contributed by atoms with Crippen LogP contribution in [0.2, 0.25) is 0 Å². The lowest BCUT2D eigenvalue weighted by atomic mass is 9.66. The van der Waals surface area contributed by atoms with Crippen molar-refractivity contribution < 1.29 is 4.74 Å². The molecule has 0 aromatic rings. The third-order valence-electron chi connectivity index (χ3n) is 3.95. The van der Waals surface area contributed by atoms with E-state index in [0.29, 0.717) is 12.5 Å². The van der Waals surface area contributed by atoms with Gasteiger partial charge in [0.2, 0.25) is 0 Å². The van der Waals surface area contributed by atoms with Crippen LogP contribution in [0, 0.1) is 5.92 Å². The minimum Gasteiger partial charge on any atom is -0.365 e. The molecule has 0 aromatic carbocycles. The minimum atomic E-state index is -0.0301. The van der Waals surface area contributed by atoms with Crippen LogP contribution in [-0.4, -0.2) is 17.7 Å². The average Bonchev–Trinajstić information content (AvgIpc) is 2.06. The Hall–Kier alpha value is -0.340. The predicted octanol–water partition coefficient (Wildman–Crippen LogP) is 2.24. The van der Waals surface area contributed by atoms with E-state index in [9.17, 15) is 0 Å². The first kappa shape index (κ1) is 10.2. The first-order valence-corrected chi connectivity index (χ1v) is 5.58. The molecule has 2 bridgehead atoms. The van der Waals surface area contributed by atoms with E-state index in [-0.39, 0.29) is 11.2 Å². The molecule has 2 aliphatic heterocycles. The van der Waals surface area contributed by atoms with Crippen molar-refractivity contribution >= 4 is 0 Å². The topological polar surface area (TPSA) is 35.2 Å². The molecule has 2 saturated heterocycles. The maximum Gasteiger partial charge on any atom is 0.0871 e. The van der Waals surface area contributed by atoms with Gasteiger partial charge in [0, 0.05) is 6.54 Å². The first-order valence-electron chi connectivity index (χ1n) is 5.58. The van der Waals surface area contributed by atoms with Crippen molar-refractivity contribution in [3.8, 4) is 0 Å². The molecule has 14 heavy (non-hydrogen) atoms. The van der Waals surface area contributed by atoms with Crippen LogP contribution >= 0.6 is 0 Å². The number of fused-ring (bicyclic) bond motifs is 3. The van der Waals surface area contributed by atoms with Crippen LogP contribution in [0.1, 0.15) is 40.0 Å². The van der Waals surface area contributed by atoms with Crippen molar-refractivity contribution in [1.29, 1.82) is 0 Å². The van der Waals surface area contributed by atoms with Crippen molar-refractivity contribution in [2.45, 2.75) is 51.2 Å². The van der Waals surface area contributed by atoms with Gasteiger partial charge >= 0.3 is 0 Å². The Morgan fingerprint density at radius 2 is 2.21 bits per heavy atom. The molecule has 2 heteroatoms. The molecule has 80 valence electrons. The molecule has 0 spiro atoms. The third-order valence-corrected chi connectivity index (χ3v) is 3.95. The highest BCUT2D eigenvalue weighted by Gasteiger charge is 2.50. The number of nitrogens with two attached hydrogens (primary N) is 1. The van der Waals surface area contributed by atoms with E-state index < -0.39 is 0 Å². The number of hydrogen-bond acceptors (Lipinski definition) is 2. The van der Waals surface area contributed by atoms with Crippen LogP contribution < -0.4 is 5.73 Å². The second-order valence-electron chi connectivity index (χ2n) is 5.34. The fourth-order valence-corrected chi connectivity index (χ4v) is 3.01. The van der Waals surface area contributed by atoms with Crippen molar-refractivity contribution in [3.05, 3.63) is 11.6 Å². The normalized spacial score (nSPS) is 43.1. The largest absolute Gasteiger partial charge is 0.365 e. The Bertz CT molecular complexity index is 269. The zero-order chi connectivity index (χ0) is 10.4. The summed E-state index contributed by atoms with van der Waals surface area (Å²) in [6.07, 6.45) is 5.79. The zero-order valence-electron chi connectivity index (χ0n) is 9.47. The SMILES string of the molecule is CC12CCC(C/C1=C/CN)C(C)(C)O2. The molecular weight excluding hydrogens is 174 g/mol.